The number of benzene rings is 1. The van der Waals surface area contributed by atoms with Crippen LogP contribution in [-0.2, 0) is 6.54 Å². The van der Waals surface area contributed by atoms with Gasteiger partial charge in [-0.2, -0.15) is 0 Å². The zero-order valence-electron chi connectivity index (χ0n) is 14.7. The summed E-state index contributed by atoms with van der Waals surface area (Å²) in [5, 5.41) is 0. The molecule has 0 bridgehead atoms. The third-order valence-corrected chi connectivity index (χ3v) is 4.41. The normalized spacial score (nSPS) is 15.6. The summed E-state index contributed by atoms with van der Waals surface area (Å²) in [5.74, 6) is 0.443. The summed E-state index contributed by atoms with van der Waals surface area (Å²) in [6, 6.07) is 14.1. The van der Waals surface area contributed by atoms with Crippen molar-refractivity contribution in [1.29, 1.82) is 0 Å². The van der Waals surface area contributed by atoms with Crippen molar-refractivity contribution in [2.75, 3.05) is 32.8 Å². The van der Waals surface area contributed by atoms with Gasteiger partial charge in [0, 0.05) is 38.9 Å². The van der Waals surface area contributed by atoms with E-state index in [0.29, 0.717) is 18.1 Å². The highest BCUT2D eigenvalue weighted by molar-refractivity contribution is 5.96. The first-order valence-corrected chi connectivity index (χ1v) is 8.91. The highest BCUT2D eigenvalue weighted by atomic mass is 16.5. The molecule has 0 N–H and O–H groups in total. The summed E-state index contributed by atoms with van der Waals surface area (Å²) in [6.07, 6.45) is 2.63. The predicted molar refractivity (Wildman–Crippen MR) is 97.6 cm³/mol. The molecule has 1 aromatic heterocycles. The van der Waals surface area contributed by atoms with Gasteiger partial charge in [0.1, 0.15) is 5.56 Å². The van der Waals surface area contributed by atoms with E-state index in [9.17, 15) is 4.79 Å². The Morgan fingerprint density at radius 1 is 1.08 bits per heavy atom. The van der Waals surface area contributed by atoms with Gasteiger partial charge in [0.25, 0.3) is 5.91 Å². The first-order chi connectivity index (χ1) is 12.3. The van der Waals surface area contributed by atoms with E-state index in [4.69, 9.17) is 4.74 Å². The Morgan fingerprint density at radius 2 is 1.92 bits per heavy atom. The Labute approximate surface area is 149 Å². The smallest absolute Gasteiger partial charge is 0.259 e. The molecule has 25 heavy (non-hydrogen) atoms. The van der Waals surface area contributed by atoms with Crippen LogP contribution in [0, 0.1) is 0 Å². The highest BCUT2D eigenvalue weighted by Crippen LogP contribution is 2.18. The van der Waals surface area contributed by atoms with Crippen LogP contribution in [-0.4, -0.2) is 53.5 Å². The third-order valence-electron chi connectivity index (χ3n) is 4.41. The molecule has 0 radical (unpaired) electrons. The molecule has 132 valence electrons. The molecule has 1 saturated heterocycles. The van der Waals surface area contributed by atoms with Crippen molar-refractivity contribution >= 4 is 5.91 Å². The van der Waals surface area contributed by atoms with Gasteiger partial charge in [-0.05, 0) is 31.0 Å². The fourth-order valence-corrected chi connectivity index (χ4v) is 3.15. The maximum atomic E-state index is 12.9. The van der Waals surface area contributed by atoms with E-state index in [-0.39, 0.29) is 5.91 Å². The molecule has 5 heteroatoms. The van der Waals surface area contributed by atoms with E-state index in [1.807, 2.05) is 17.9 Å². The summed E-state index contributed by atoms with van der Waals surface area (Å²) in [6.45, 7) is 6.71. The van der Waals surface area contributed by atoms with Crippen molar-refractivity contribution in [1.82, 2.24) is 14.8 Å². The Bertz CT molecular complexity index is 690. The largest absolute Gasteiger partial charge is 0.477 e. The Kier molecular flexibility index (Phi) is 6.01. The van der Waals surface area contributed by atoms with Crippen LogP contribution in [0.3, 0.4) is 0 Å². The zero-order chi connectivity index (χ0) is 17.5. The lowest BCUT2D eigenvalue weighted by atomic mass is 10.2. The van der Waals surface area contributed by atoms with Crippen molar-refractivity contribution < 1.29 is 9.53 Å². The van der Waals surface area contributed by atoms with Crippen molar-refractivity contribution in [3.8, 4) is 5.88 Å². The summed E-state index contributed by atoms with van der Waals surface area (Å²) in [4.78, 5) is 21.4. The number of rotatable bonds is 5. The van der Waals surface area contributed by atoms with Gasteiger partial charge in [0.05, 0.1) is 6.61 Å². The van der Waals surface area contributed by atoms with E-state index >= 15 is 0 Å². The molecule has 0 saturated carbocycles. The molecule has 1 fully saturated rings. The lowest BCUT2D eigenvalue weighted by molar-refractivity contribution is 0.0756. The van der Waals surface area contributed by atoms with Crippen molar-refractivity contribution in [2.24, 2.45) is 0 Å². The SMILES string of the molecule is CCOc1ncccc1C(=O)N1CCCN(Cc2ccccc2)CC1. The van der Waals surface area contributed by atoms with Crippen LogP contribution in [0.5, 0.6) is 5.88 Å². The number of carbonyl (C=O) groups excluding carboxylic acids is 1. The lowest BCUT2D eigenvalue weighted by Crippen LogP contribution is -2.35. The number of carbonyl (C=O) groups is 1. The topological polar surface area (TPSA) is 45.7 Å². The van der Waals surface area contributed by atoms with Crippen LogP contribution < -0.4 is 4.74 Å². The number of hydrogen-bond donors (Lipinski definition) is 0. The molecule has 0 atom stereocenters. The summed E-state index contributed by atoms with van der Waals surface area (Å²) < 4.78 is 5.51. The fraction of sp³-hybridized carbons (Fsp3) is 0.400. The van der Waals surface area contributed by atoms with Gasteiger partial charge in [-0.3, -0.25) is 9.69 Å². The summed E-state index contributed by atoms with van der Waals surface area (Å²) in [7, 11) is 0. The van der Waals surface area contributed by atoms with Gasteiger partial charge in [-0.15, -0.1) is 0 Å². The third kappa shape index (κ3) is 4.57. The predicted octanol–water partition coefficient (Wildman–Crippen LogP) is 2.83. The van der Waals surface area contributed by atoms with Crippen LogP contribution in [0.1, 0.15) is 29.3 Å². The molecule has 1 aromatic carbocycles. The summed E-state index contributed by atoms with van der Waals surface area (Å²) in [5.41, 5.74) is 1.87. The van der Waals surface area contributed by atoms with Crippen LogP contribution in [0.25, 0.3) is 0 Å². The Balaban J connectivity index is 1.64. The van der Waals surface area contributed by atoms with Gasteiger partial charge < -0.3 is 9.64 Å². The van der Waals surface area contributed by atoms with E-state index in [0.717, 1.165) is 39.1 Å². The standard InChI is InChI=1S/C20H25N3O2/c1-2-25-19-18(10-6-11-21-19)20(24)23-13-7-12-22(14-15-23)16-17-8-4-3-5-9-17/h3-6,8-11H,2,7,12-16H2,1H3. The average Bonchev–Trinajstić information content (AvgIpc) is 2.88. The van der Waals surface area contributed by atoms with Gasteiger partial charge >= 0.3 is 0 Å². The van der Waals surface area contributed by atoms with Crippen LogP contribution in [0.2, 0.25) is 0 Å². The van der Waals surface area contributed by atoms with Gasteiger partial charge in [0.15, 0.2) is 0 Å². The second kappa shape index (κ2) is 8.62. The molecule has 1 aliphatic rings. The number of aromatic nitrogens is 1. The van der Waals surface area contributed by atoms with Gasteiger partial charge in [-0.25, -0.2) is 4.98 Å². The molecular weight excluding hydrogens is 314 g/mol. The first kappa shape index (κ1) is 17.4. The molecular formula is C20H25N3O2. The van der Waals surface area contributed by atoms with Crippen LogP contribution in [0.15, 0.2) is 48.7 Å². The average molecular weight is 339 g/mol. The number of nitrogens with zero attached hydrogens (tertiary/aromatic N) is 3. The molecule has 5 nitrogen and oxygen atoms in total. The van der Waals surface area contributed by atoms with E-state index in [2.05, 4.69) is 34.1 Å². The van der Waals surface area contributed by atoms with Gasteiger partial charge in [0.2, 0.25) is 5.88 Å². The molecule has 3 rings (SSSR count). The van der Waals surface area contributed by atoms with E-state index < -0.39 is 0 Å². The summed E-state index contributed by atoms with van der Waals surface area (Å²) >= 11 is 0. The molecule has 0 unspecified atom stereocenters. The monoisotopic (exact) mass is 339 g/mol. The Hall–Kier alpha value is -2.40. The quantitative estimate of drug-likeness (QED) is 0.840. The Morgan fingerprint density at radius 3 is 2.72 bits per heavy atom. The molecule has 2 aromatic rings. The maximum absolute atomic E-state index is 12.9. The number of hydrogen-bond acceptors (Lipinski definition) is 4. The first-order valence-electron chi connectivity index (χ1n) is 8.91. The minimum Gasteiger partial charge on any atom is -0.477 e. The van der Waals surface area contributed by atoms with Crippen molar-refractivity contribution in [3.05, 3.63) is 59.8 Å². The maximum Gasteiger partial charge on any atom is 0.259 e. The van der Waals surface area contributed by atoms with Crippen LogP contribution in [0.4, 0.5) is 0 Å². The minimum absolute atomic E-state index is 0.0121. The second-order valence-electron chi connectivity index (χ2n) is 6.20. The zero-order valence-corrected chi connectivity index (χ0v) is 14.7. The van der Waals surface area contributed by atoms with Crippen molar-refractivity contribution in [2.45, 2.75) is 19.9 Å². The van der Waals surface area contributed by atoms with E-state index in [1.165, 1.54) is 5.56 Å². The minimum atomic E-state index is 0.0121. The molecule has 0 aliphatic carbocycles. The molecule has 1 aliphatic heterocycles. The molecule has 1 amide bonds. The highest BCUT2D eigenvalue weighted by Gasteiger charge is 2.23. The fourth-order valence-electron chi connectivity index (χ4n) is 3.15. The second-order valence-corrected chi connectivity index (χ2v) is 6.20. The lowest BCUT2D eigenvalue weighted by Gasteiger charge is -2.22. The molecule has 2 heterocycles. The van der Waals surface area contributed by atoms with Gasteiger partial charge in [-0.1, -0.05) is 30.3 Å². The van der Waals surface area contributed by atoms with E-state index in [1.54, 1.807) is 18.3 Å². The molecule has 0 spiro atoms. The van der Waals surface area contributed by atoms with Crippen LogP contribution >= 0.6 is 0 Å². The number of ether oxygens (including phenoxy) is 1. The number of amides is 1. The number of pyridine rings is 1. The van der Waals surface area contributed by atoms with Crippen molar-refractivity contribution in [3.63, 3.8) is 0 Å².